The van der Waals surface area contributed by atoms with E-state index in [0.29, 0.717) is 0 Å². The Morgan fingerprint density at radius 2 is 1.95 bits per heavy atom. The Morgan fingerprint density at radius 3 is 2.42 bits per heavy atom. The molecule has 0 fully saturated rings. The average molecular weight is 329 g/mol. The summed E-state index contributed by atoms with van der Waals surface area (Å²) in [5.41, 5.74) is -0.00855. The van der Waals surface area contributed by atoms with Crippen molar-refractivity contribution in [1.29, 1.82) is 10.5 Å². The molecule has 0 unspecified atom stereocenters. The minimum Gasteiger partial charge on any atom is -0.478 e. The monoisotopic (exact) mass is 328 g/mol. The van der Waals surface area contributed by atoms with Crippen LogP contribution in [-0.4, -0.2) is 16.8 Å². The van der Waals surface area contributed by atoms with Crippen molar-refractivity contribution in [3.63, 3.8) is 0 Å². The van der Waals surface area contributed by atoms with Crippen LogP contribution in [0.3, 0.4) is 0 Å². The molecule has 0 bridgehead atoms. The summed E-state index contributed by atoms with van der Waals surface area (Å²) in [6.07, 6.45) is 0. The smallest absolute Gasteiger partial charge is 0.338 e. The van der Waals surface area contributed by atoms with Gasteiger partial charge in [-0.25, -0.2) is 13.6 Å². The predicted octanol–water partition coefficient (Wildman–Crippen LogP) is 2.24. The van der Waals surface area contributed by atoms with Gasteiger partial charge in [-0.3, -0.25) is 5.43 Å². The molecule has 96 valence electrons. The number of nitrogens with zero attached hydrogens (tertiary/aromatic N) is 3. The van der Waals surface area contributed by atoms with Crippen LogP contribution in [0.15, 0.2) is 15.6 Å². The third kappa shape index (κ3) is 3.03. The molecule has 0 aliphatic heterocycles. The maximum absolute atomic E-state index is 13.6. The number of hydrogen-bond acceptors (Lipinski definition) is 5. The Bertz CT molecular complexity index is 645. The molecule has 0 radical (unpaired) electrons. The van der Waals surface area contributed by atoms with Gasteiger partial charge in [-0.15, -0.1) is 0 Å². The number of nitrogens with one attached hydrogen (secondary N) is 1. The van der Waals surface area contributed by atoms with Crippen LogP contribution in [0.25, 0.3) is 0 Å². The molecule has 6 nitrogen and oxygen atoms in total. The lowest BCUT2D eigenvalue weighted by Crippen LogP contribution is -2.07. The molecule has 1 aromatic carbocycles. The number of benzene rings is 1. The molecule has 1 rings (SSSR count). The molecule has 0 saturated heterocycles. The lowest BCUT2D eigenvalue weighted by Gasteiger charge is -2.08. The van der Waals surface area contributed by atoms with Gasteiger partial charge in [0.1, 0.15) is 17.8 Å². The van der Waals surface area contributed by atoms with Crippen LogP contribution in [0.4, 0.5) is 14.5 Å². The van der Waals surface area contributed by atoms with Crippen LogP contribution in [0.2, 0.25) is 0 Å². The summed E-state index contributed by atoms with van der Waals surface area (Å²) in [6.45, 7) is 0. The van der Waals surface area contributed by atoms with Crippen LogP contribution in [-0.2, 0) is 0 Å². The number of nitriles is 2. The number of carboxylic acids is 1. The van der Waals surface area contributed by atoms with E-state index in [4.69, 9.17) is 15.6 Å². The molecule has 0 saturated carbocycles. The highest BCUT2D eigenvalue weighted by molar-refractivity contribution is 9.10. The van der Waals surface area contributed by atoms with E-state index in [1.54, 1.807) is 0 Å². The van der Waals surface area contributed by atoms with E-state index in [2.05, 4.69) is 21.0 Å². The molecule has 0 aromatic heterocycles. The second-order valence-electron chi connectivity index (χ2n) is 3.01. The van der Waals surface area contributed by atoms with E-state index < -0.39 is 34.6 Å². The predicted molar refractivity (Wildman–Crippen MR) is 63.3 cm³/mol. The Balaban J connectivity index is 3.30. The normalized spacial score (nSPS) is 9.11. The standard InChI is InChI=1S/C10H3BrF2N4O2/c11-6-1-5(10(18)19)7(12)8(13)9(6)17-16-4(2-14)3-15/h1,17H,(H,18,19). The number of halogens is 3. The molecule has 0 amide bonds. The van der Waals surface area contributed by atoms with Gasteiger partial charge >= 0.3 is 5.97 Å². The van der Waals surface area contributed by atoms with Crippen molar-refractivity contribution in [2.45, 2.75) is 0 Å². The quantitative estimate of drug-likeness (QED) is 0.502. The Labute approximate surface area is 113 Å². The summed E-state index contributed by atoms with van der Waals surface area (Å²) in [6, 6.07) is 3.64. The first-order chi connectivity index (χ1) is 8.92. The van der Waals surface area contributed by atoms with Gasteiger partial charge in [-0.1, -0.05) is 0 Å². The molecule has 0 aliphatic rings. The first-order valence-electron chi connectivity index (χ1n) is 4.47. The maximum atomic E-state index is 13.6. The van der Waals surface area contributed by atoms with Crippen LogP contribution in [0.1, 0.15) is 10.4 Å². The van der Waals surface area contributed by atoms with Crippen molar-refractivity contribution in [2.24, 2.45) is 5.10 Å². The molecule has 9 heteroatoms. The molecular formula is C10H3BrF2N4O2. The number of anilines is 1. The van der Waals surface area contributed by atoms with Crippen molar-refractivity contribution in [1.82, 2.24) is 0 Å². The number of hydrogen-bond donors (Lipinski definition) is 2. The van der Waals surface area contributed by atoms with E-state index in [9.17, 15) is 13.6 Å². The zero-order valence-electron chi connectivity index (χ0n) is 8.91. The second-order valence-corrected chi connectivity index (χ2v) is 3.86. The minimum absolute atomic E-state index is 0.122. The Hall–Kier alpha value is -2.52. The summed E-state index contributed by atoms with van der Waals surface area (Å²) in [4.78, 5) is 10.6. The molecular weight excluding hydrogens is 326 g/mol. The summed E-state index contributed by atoms with van der Waals surface area (Å²) >= 11 is 2.83. The lowest BCUT2D eigenvalue weighted by atomic mass is 10.2. The lowest BCUT2D eigenvalue weighted by molar-refractivity contribution is 0.0690. The van der Waals surface area contributed by atoms with E-state index in [-0.39, 0.29) is 4.47 Å². The van der Waals surface area contributed by atoms with E-state index in [1.165, 1.54) is 12.1 Å². The van der Waals surface area contributed by atoms with Crippen molar-refractivity contribution in [3.05, 3.63) is 27.7 Å². The molecule has 2 N–H and O–H groups in total. The van der Waals surface area contributed by atoms with Gasteiger partial charge in [-0.2, -0.15) is 15.6 Å². The van der Waals surface area contributed by atoms with Crippen molar-refractivity contribution >= 4 is 33.3 Å². The fraction of sp³-hybridized carbons (Fsp3) is 0. The number of rotatable bonds is 3. The first kappa shape index (κ1) is 14.5. The topological polar surface area (TPSA) is 109 Å². The molecule has 0 heterocycles. The van der Waals surface area contributed by atoms with E-state index in [0.717, 1.165) is 6.07 Å². The number of carbonyl (C=O) groups is 1. The van der Waals surface area contributed by atoms with Gasteiger partial charge in [0.15, 0.2) is 11.6 Å². The van der Waals surface area contributed by atoms with Crippen molar-refractivity contribution in [2.75, 3.05) is 5.43 Å². The Kier molecular flexibility index (Phi) is 4.51. The van der Waals surface area contributed by atoms with Gasteiger partial charge in [0, 0.05) is 4.47 Å². The average Bonchev–Trinajstić information content (AvgIpc) is 2.37. The SMILES string of the molecule is N#CC(C#N)=NNc1c(Br)cc(C(=O)O)c(F)c1F. The molecule has 0 spiro atoms. The number of aromatic carboxylic acids is 1. The van der Waals surface area contributed by atoms with E-state index in [1.807, 2.05) is 5.43 Å². The van der Waals surface area contributed by atoms with Crippen LogP contribution in [0.5, 0.6) is 0 Å². The zero-order chi connectivity index (χ0) is 14.6. The molecule has 1 aromatic rings. The molecule has 0 aliphatic carbocycles. The molecule has 19 heavy (non-hydrogen) atoms. The fourth-order valence-corrected chi connectivity index (χ4v) is 1.53. The highest BCUT2D eigenvalue weighted by Crippen LogP contribution is 2.30. The van der Waals surface area contributed by atoms with Crippen LogP contribution in [0, 0.1) is 34.3 Å². The van der Waals surface area contributed by atoms with Crippen molar-refractivity contribution in [3.8, 4) is 12.1 Å². The largest absolute Gasteiger partial charge is 0.478 e. The van der Waals surface area contributed by atoms with Gasteiger partial charge in [-0.05, 0) is 22.0 Å². The van der Waals surface area contributed by atoms with E-state index >= 15 is 0 Å². The van der Waals surface area contributed by atoms with Gasteiger partial charge in [0.25, 0.3) is 0 Å². The van der Waals surface area contributed by atoms with Gasteiger partial charge < -0.3 is 5.11 Å². The van der Waals surface area contributed by atoms with Gasteiger partial charge in [0.05, 0.1) is 5.56 Å². The molecule has 0 atom stereocenters. The highest BCUT2D eigenvalue weighted by atomic mass is 79.9. The fourth-order valence-electron chi connectivity index (χ4n) is 1.04. The highest BCUT2D eigenvalue weighted by Gasteiger charge is 2.21. The maximum Gasteiger partial charge on any atom is 0.338 e. The third-order valence-electron chi connectivity index (χ3n) is 1.88. The van der Waals surface area contributed by atoms with Gasteiger partial charge in [0.2, 0.25) is 5.71 Å². The number of hydrazone groups is 1. The summed E-state index contributed by atoms with van der Waals surface area (Å²) < 4.78 is 26.8. The minimum atomic E-state index is -1.64. The summed E-state index contributed by atoms with van der Waals surface area (Å²) in [5.74, 6) is -4.71. The second kappa shape index (κ2) is 5.89. The summed E-state index contributed by atoms with van der Waals surface area (Å²) in [7, 11) is 0. The Morgan fingerprint density at radius 1 is 1.37 bits per heavy atom. The first-order valence-corrected chi connectivity index (χ1v) is 5.26. The third-order valence-corrected chi connectivity index (χ3v) is 2.51. The van der Waals surface area contributed by atoms with Crippen molar-refractivity contribution < 1.29 is 18.7 Å². The zero-order valence-corrected chi connectivity index (χ0v) is 10.5. The summed E-state index contributed by atoms with van der Waals surface area (Å²) in [5, 5.41) is 28.7. The van der Waals surface area contributed by atoms with Crippen LogP contribution >= 0.6 is 15.9 Å². The van der Waals surface area contributed by atoms with Crippen LogP contribution < -0.4 is 5.43 Å². The number of carboxylic acid groups (broad SMARTS) is 1.